The normalized spacial score (nSPS) is 21.4. The number of amides is 2. The monoisotopic (exact) mass is 436 g/mol. The Kier molecular flexibility index (Phi) is 5.39. The van der Waals surface area contributed by atoms with Crippen molar-refractivity contribution in [2.24, 2.45) is 0 Å². The Morgan fingerprint density at radius 3 is 2.13 bits per heavy atom. The second kappa shape index (κ2) is 7.86. The second-order valence-corrected chi connectivity index (χ2v) is 9.17. The molecule has 0 spiro atoms. The predicted molar refractivity (Wildman–Crippen MR) is 103 cm³/mol. The fourth-order valence-corrected chi connectivity index (χ4v) is 5.50. The zero-order chi connectivity index (χ0) is 21.5. The van der Waals surface area contributed by atoms with E-state index in [0.717, 1.165) is 15.9 Å². The molecule has 1 atom stereocenters. The number of hydrogen-bond donors (Lipinski definition) is 1. The highest BCUT2D eigenvalue weighted by molar-refractivity contribution is 7.89. The second-order valence-electron chi connectivity index (χ2n) is 7.27. The molecule has 0 aromatic heterocycles. The molecule has 2 aliphatic heterocycles. The number of carbonyl (C=O) groups excluding carboxylic acids is 2. The molecule has 2 heterocycles. The average molecular weight is 436 g/mol. The van der Waals surface area contributed by atoms with Gasteiger partial charge in [-0.05, 0) is 24.3 Å². The van der Waals surface area contributed by atoms with Crippen molar-refractivity contribution in [3.63, 3.8) is 0 Å². The van der Waals surface area contributed by atoms with E-state index < -0.39 is 39.5 Å². The number of imide groups is 1. The van der Waals surface area contributed by atoms with E-state index in [4.69, 9.17) is 0 Å². The van der Waals surface area contributed by atoms with Crippen LogP contribution in [-0.2, 0) is 19.6 Å². The van der Waals surface area contributed by atoms with Crippen molar-refractivity contribution in [2.45, 2.75) is 17.4 Å². The van der Waals surface area contributed by atoms with Crippen LogP contribution in [-0.4, -0.2) is 56.8 Å². The van der Waals surface area contributed by atoms with Gasteiger partial charge in [-0.25, -0.2) is 22.1 Å². The van der Waals surface area contributed by atoms with Crippen molar-refractivity contribution in [1.29, 1.82) is 0 Å². The average Bonchev–Trinajstić information content (AvgIpc) is 3.03. The van der Waals surface area contributed by atoms with E-state index >= 15 is 0 Å². The highest BCUT2D eigenvalue weighted by Gasteiger charge is 2.47. The van der Waals surface area contributed by atoms with E-state index in [1.807, 2.05) is 0 Å². The number of nitrogens with zero attached hydrogens (tertiary/aromatic N) is 2. The van der Waals surface area contributed by atoms with Crippen molar-refractivity contribution >= 4 is 27.5 Å². The van der Waals surface area contributed by atoms with E-state index in [1.165, 1.54) is 40.7 Å². The third-order valence-electron chi connectivity index (χ3n) is 5.55. The van der Waals surface area contributed by atoms with Gasteiger partial charge >= 0.3 is 0 Å². The van der Waals surface area contributed by atoms with Crippen LogP contribution in [0.15, 0.2) is 53.4 Å². The summed E-state index contributed by atoms with van der Waals surface area (Å²) in [6.07, 6.45) is -0.0669. The molecular weight excluding hydrogens is 416 g/mol. The van der Waals surface area contributed by atoms with E-state index in [1.54, 1.807) is 6.07 Å². The molecule has 30 heavy (non-hydrogen) atoms. The number of anilines is 1. The molecule has 7 nitrogen and oxygen atoms in total. The van der Waals surface area contributed by atoms with E-state index in [2.05, 4.69) is 0 Å². The van der Waals surface area contributed by atoms with Crippen molar-refractivity contribution in [1.82, 2.24) is 4.31 Å². The summed E-state index contributed by atoms with van der Waals surface area (Å²) in [6.45, 7) is 0.734. The first kappa shape index (κ1) is 20.6. The van der Waals surface area contributed by atoms with Gasteiger partial charge in [0.2, 0.25) is 15.9 Å². The van der Waals surface area contributed by atoms with Crippen molar-refractivity contribution < 1.29 is 31.7 Å². The smallest absolute Gasteiger partial charge is 0.292 e. The maximum absolute atomic E-state index is 14.1. The molecule has 2 aromatic carbocycles. The van der Waals surface area contributed by atoms with Crippen LogP contribution in [0.3, 0.4) is 0 Å². The van der Waals surface area contributed by atoms with Gasteiger partial charge in [-0.3, -0.25) is 9.59 Å². The maximum Gasteiger partial charge on any atom is 0.292 e. The van der Waals surface area contributed by atoms with Crippen LogP contribution in [0.25, 0.3) is 0 Å². The van der Waals surface area contributed by atoms with Gasteiger partial charge in [-0.2, -0.15) is 4.31 Å². The minimum Gasteiger partial charge on any atom is -0.322 e. The predicted octanol–water partition coefficient (Wildman–Crippen LogP) is 0.186. The molecule has 0 unspecified atom stereocenters. The Morgan fingerprint density at radius 1 is 0.900 bits per heavy atom. The van der Waals surface area contributed by atoms with Crippen LogP contribution in [0.5, 0.6) is 0 Å². The van der Waals surface area contributed by atoms with Gasteiger partial charge in [0.25, 0.3) is 5.91 Å². The summed E-state index contributed by atoms with van der Waals surface area (Å²) < 4.78 is 54.7. The van der Waals surface area contributed by atoms with Gasteiger partial charge in [0.15, 0.2) is 6.04 Å². The highest BCUT2D eigenvalue weighted by atomic mass is 32.2. The molecular formula is C20H20F2N3O4S+. The molecule has 2 aromatic rings. The number of para-hydroxylation sites is 1. The Labute approximate surface area is 172 Å². The first-order valence-electron chi connectivity index (χ1n) is 9.51. The quantitative estimate of drug-likeness (QED) is 0.694. The molecule has 1 N–H and O–H groups in total. The van der Waals surface area contributed by atoms with Crippen molar-refractivity contribution in [3.8, 4) is 0 Å². The first-order chi connectivity index (χ1) is 14.3. The number of rotatable bonds is 4. The van der Waals surface area contributed by atoms with Gasteiger partial charge < -0.3 is 4.90 Å². The molecule has 10 heteroatoms. The molecule has 4 rings (SSSR count). The van der Waals surface area contributed by atoms with Crippen LogP contribution in [0.1, 0.15) is 6.42 Å². The van der Waals surface area contributed by atoms with Crippen LogP contribution in [0.2, 0.25) is 0 Å². The number of hydrogen-bond acceptors (Lipinski definition) is 4. The molecule has 0 bridgehead atoms. The van der Waals surface area contributed by atoms with Gasteiger partial charge in [0.1, 0.15) is 16.5 Å². The lowest BCUT2D eigenvalue weighted by molar-refractivity contribution is -0.918. The van der Waals surface area contributed by atoms with Gasteiger partial charge in [0, 0.05) is 0 Å². The van der Waals surface area contributed by atoms with Crippen LogP contribution < -0.4 is 9.80 Å². The topological polar surface area (TPSA) is 79.2 Å². The molecule has 158 valence electrons. The van der Waals surface area contributed by atoms with Crippen LogP contribution in [0.4, 0.5) is 14.5 Å². The van der Waals surface area contributed by atoms with Crippen molar-refractivity contribution in [3.05, 3.63) is 60.2 Å². The molecule has 2 fully saturated rings. The maximum atomic E-state index is 14.1. The first-order valence-corrected chi connectivity index (χ1v) is 11.0. The van der Waals surface area contributed by atoms with E-state index in [9.17, 15) is 26.8 Å². The standard InChI is InChI=1S/C20H19F2N3O4S/c21-14-5-1-3-7-16(14)25-19(26)13-17(20(25)27)23-9-11-24(12-10-23)30(28,29)18-8-4-2-6-15(18)22/h1-8,17H,9-13H2/p+1/t17-/m1/s1. The SMILES string of the molecule is O=C1C[C@@H]([NH+]2CCN(S(=O)(=O)c3ccccc3F)CC2)C(=O)N1c1ccccc1F. The molecule has 0 aliphatic carbocycles. The van der Waals surface area contributed by atoms with E-state index in [0.29, 0.717) is 0 Å². The highest BCUT2D eigenvalue weighted by Crippen LogP contribution is 2.25. The van der Waals surface area contributed by atoms with Crippen LogP contribution >= 0.6 is 0 Å². The summed E-state index contributed by atoms with van der Waals surface area (Å²) in [5.41, 5.74) is -0.0739. The third kappa shape index (κ3) is 3.51. The lowest BCUT2D eigenvalue weighted by Gasteiger charge is -2.33. The van der Waals surface area contributed by atoms with E-state index in [-0.39, 0.29) is 43.2 Å². The summed E-state index contributed by atoms with van der Waals surface area (Å²) >= 11 is 0. The largest absolute Gasteiger partial charge is 0.322 e. The minimum absolute atomic E-state index is 0.0669. The number of piperazine rings is 1. The lowest BCUT2D eigenvalue weighted by atomic mass is 10.2. The van der Waals surface area contributed by atoms with Gasteiger partial charge in [0.05, 0.1) is 38.3 Å². The van der Waals surface area contributed by atoms with Gasteiger partial charge in [-0.1, -0.05) is 24.3 Å². The Hall–Kier alpha value is -2.69. The Bertz CT molecular complexity index is 1100. The van der Waals surface area contributed by atoms with Crippen molar-refractivity contribution in [2.75, 3.05) is 31.1 Å². The number of benzene rings is 2. The molecule has 0 radical (unpaired) electrons. The summed E-state index contributed by atoms with van der Waals surface area (Å²) in [4.78, 5) is 26.5. The number of sulfonamides is 1. The fraction of sp³-hybridized carbons (Fsp3) is 0.300. The molecule has 2 saturated heterocycles. The molecule has 2 amide bonds. The minimum atomic E-state index is -3.99. The molecule has 2 aliphatic rings. The molecule has 0 saturated carbocycles. The zero-order valence-corrected chi connectivity index (χ0v) is 16.7. The zero-order valence-electron chi connectivity index (χ0n) is 15.9. The third-order valence-corrected chi connectivity index (χ3v) is 7.48. The lowest BCUT2D eigenvalue weighted by Crippen LogP contribution is -3.19. The summed E-state index contributed by atoms with van der Waals surface area (Å²) in [7, 11) is -3.99. The number of halogens is 2. The Balaban J connectivity index is 1.47. The van der Waals surface area contributed by atoms with Crippen LogP contribution in [0, 0.1) is 11.6 Å². The van der Waals surface area contributed by atoms with Gasteiger partial charge in [-0.15, -0.1) is 0 Å². The number of nitrogens with one attached hydrogen (secondary N) is 1. The number of carbonyl (C=O) groups is 2. The Morgan fingerprint density at radius 2 is 1.50 bits per heavy atom. The summed E-state index contributed by atoms with van der Waals surface area (Å²) in [5.74, 6) is -2.45. The number of quaternary nitrogens is 1. The summed E-state index contributed by atoms with van der Waals surface area (Å²) in [5, 5.41) is 0. The fourth-order valence-electron chi connectivity index (χ4n) is 3.99. The summed E-state index contributed by atoms with van der Waals surface area (Å²) in [6, 6.07) is 10.1.